The average Bonchev–Trinajstić information content (AvgIpc) is 3.51. The van der Waals surface area contributed by atoms with Gasteiger partial charge in [0.2, 0.25) is 6.79 Å². The van der Waals surface area contributed by atoms with E-state index in [9.17, 15) is 19.7 Å². The highest BCUT2D eigenvalue weighted by Gasteiger charge is 2.25. The molecule has 186 valence electrons. The van der Waals surface area contributed by atoms with E-state index in [0.717, 1.165) is 0 Å². The fourth-order valence-corrected chi connectivity index (χ4v) is 3.63. The van der Waals surface area contributed by atoms with Crippen LogP contribution in [0.2, 0.25) is 0 Å². The van der Waals surface area contributed by atoms with E-state index < -0.39 is 22.8 Å². The monoisotopic (exact) mass is 492 g/mol. The van der Waals surface area contributed by atoms with Crippen molar-refractivity contribution in [2.24, 2.45) is 11.0 Å². The molecule has 4 rings (SSSR count). The van der Waals surface area contributed by atoms with Crippen molar-refractivity contribution in [2.45, 2.75) is 26.8 Å². The topological polar surface area (TPSA) is 145 Å². The lowest BCUT2D eigenvalue weighted by atomic mass is 10.0. The molecule has 36 heavy (non-hydrogen) atoms. The Morgan fingerprint density at radius 2 is 1.86 bits per heavy atom. The van der Waals surface area contributed by atoms with Gasteiger partial charge in [-0.1, -0.05) is 13.8 Å². The van der Waals surface area contributed by atoms with Gasteiger partial charge < -0.3 is 19.2 Å². The lowest BCUT2D eigenvalue weighted by Crippen LogP contribution is -2.48. The van der Waals surface area contributed by atoms with E-state index in [-0.39, 0.29) is 18.4 Å². The maximum absolute atomic E-state index is 12.7. The summed E-state index contributed by atoms with van der Waals surface area (Å²) in [5, 5.41) is 17.6. The van der Waals surface area contributed by atoms with Crippen LogP contribution in [0.4, 0.5) is 5.69 Å². The first-order valence-corrected chi connectivity index (χ1v) is 11.1. The van der Waals surface area contributed by atoms with E-state index in [0.29, 0.717) is 39.7 Å². The molecule has 11 heteroatoms. The third-order valence-electron chi connectivity index (χ3n) is 5.55. The minimum Gasteiger partial charge on any atom is -0.455 e. The highest BCUT2D eigenvalue weighted by Crippen LogP contribution is 2.32. The standard InChI is InChI=1S/C25H24N4O7/c1-14(2)23(27-24(30)16-4-8-21-22(11-16)35-13-34-21)25(31)28-26-12-18-6-9-20(36-18)19-7-5-17(29(32)33)10-15(19)3/h4-12,14,23H,13H2,1-3H3,(H,27,30)(H,28,31)/b26-12-/t23-/m1/s1. The van der Waals surface area contributed by atoms with Gasteiger partial charge in [0.15, 0.2) is 11.5 Å². The van der Waals surface area contributed by atoms with Crippen molar-refractivity contribution in [3.63, 3.8) is 0 Å². The summed E-state index contributed by atoms with van der Waals surface area (Å²) >= 11 is 0. The van der Waals surface area contributed by atoms with Crippen LogP contribution >= 0.6 is 0 Å². The second-order valence-electron chi connectivity index (χ2n) is 8.46. The summed E-state index contributed by atoms with van der Waals surface area (Å²) in [6.07, 6.45) is 1.33. The number of nitro benzene ring substituents is 1. The first kappa shape index (κ1) is 24.5. The number of carbonyl (C=O) groups is 2. The number of nitrogens with zero attached hydrogens (tertiary/aromatic N) is 2. The van der Waals surface area contributed by atoms with Crippen LogP contribution in [0, 0.1) is 23.0 Å². The first-order chi connectivity index (χ1) is 17.2. The number of ether oxygens (including phenoxy) is 2. The number of rotatable bonds is 8. The van der Waals surface area contributed by atoms with E-state index in [1.165, 1.54) is 18.3 Å². The highest BCUT2D eigenvalue weighted by atomic mass is 16.7. The summed E-state index contributed by atoms with van der Waals surface area (Å²) in [6, 6.07) is 11.8. The molecule has 1 aliphatic rings. The van der Waals surface area contributed by atoms with E-state index in [2.05, 4.69) is 15.8 Å². The molecule has 2 N–H and O–H groups in total. The molecular formula is C25H24N4O7. The fourth-order valence-electron chi connectivity index (χ4n) is 3.63. The van der Waals surface area contributed by atoms with Crippen LogP contribution in [0.5, 0.6) is 11.5 Å². The van der Waals surface area contributed by atoms with Crippen molar-refractivity contribution in [3.8, 4) is 22.8 Å². The number of non-ortho nitro benzene ring substituents is 1. The van der Waals surface area contributed by atoms with E-state index >= 15 is 0 Å². The number of nitro groups is 1. The van der Waals surface area contributed by atoms with Crippen molar-refractivity contribution in [1.29, 1.82) is 0 Å². The predicted octanol–water partition coefficient (Wildman–Crippen LogP) is 3.80. The number of furan rings is 1. The molecule has 0 unspecified atom stereocenters. The molecule has 0 saturated carbocycles. The Bertz CT molecular complexity index is 1350. The molecular weight excluding hydrogens is 468 g/mol. The van der Waals surface area contributed by atoms with Gasteiger partial charge in [-0.3, -0.25) is 19.7 Å². The van der Waals surface area contributed by atoms with E-state index in [1.807, 2.05) is 0 Å². The van der Waals surface area contributed by atoms with Gasteiger partial charge in [0, 0.05) is 23.3 Å². The molecule has 11 nitrogen and oxygen atoms in total. The maximum Gasteiger partial charge on any atom is 0.269 e. The lowest BCUT2D eigenvalue weighted by Gasteiger charge is -2.20. The molecule has 0 bridgehead atoms. The number of aryl methyl sites for hydroxylation is 1. The summed E-state index contributed by atoms with van der Waals surface area (Å²) in [5.41, 5.74) is 4.16. The minimum atomic E-state index is -0.838. The smallest absolute Gasteiger partial charge is 0.269 e. The SMILES string of the molecule is Cc1cc([N+](=O)[O-])ccc1-c1ccc(/C=N\NC(=O)[C@H](NC(=O)c2ccc3c(c2)OCO3)C(C)C)o1. The number of fused-ring (bicyclic) bond motifs is 1. The van der Waals surface area contributed by atoms with Gasteiger partial charge in [0.1, 0.15) is 17.6 Å². The maximum atomic E-state index is 12.7. The highest BCUT2D eigenvalue weighted by molar-refractivity contribution is 5.98. The second-order valence-corrected chi connectivity index (χ2v) is 8.46. The molecule has 1 aromatic heterocycles. The van der Waals surface area contributed by atoms with E-state index in [4.69, 9.17) is 13.9 Å². The summed E-state index contributed by atoms with van der Waals surface area (Å²) in [6.45, 7) is 5.46. The third kappa shape index (κ3) is 5.35. The van der Waals surface area contributed by atoms with Crippen molar-refractivity contribution >= 4 is 23.7 Å². The van der Waals surface area contributed by atoms with Gasteiger partial charge >= 0.3 is 0 Å². The quantitative estimate of drug-likeness (QED) is 0.276. The molecule has 0 fully saturated rings. The number of nitrogens with one attached hydrogen (secondary N) is 2. The summed E-state index contributed by atoms with van der Waals surface area (Å²) < 4.78 is 16.3. The molecule has 3 aromatic rings. The third-order valence-corrected chi connectivity index (χ3v) is 5.55. The van der Waals surface area contributed by atoms with Crippen LogP contribution in [-0.2, 0) is 4.79 Å². The Balaban J connectivity index is 1.38. The number of hydrogen-bond acceptors (Lipinski definition) is 8. The molecule has 1 atom stereocenters. The van der Waals surface area contributed by atoms with Crippen molar-refractivity contribution in [1.82, 2.24) is 10.7 Å². The molecule has 0 saturated heterocycles. The summed E-state index contributed by atoms with van der Waals surface area (Å²) in [4.78, 5) is 35.9. The Morgan fingerprint density at radius 1 is 1.08 bits per heavy atom. The zero-order chi connectivity index (χ0) is 25.8. The van der Waals surface area contributed by atoms with Crippen molar-refractivity contribution < 1.29 is 28.4 Å². The summed E-state index contributed by atoms with van der Waals surface area (Å²) in [7, 11) is 0. The molecule has 1 aliphatic heterocycles. The van der Waals surface area contributed by atoms with Crippen LogP contribution < -0.4 is 20.2 Å². The van der Waals surface area contributed by atoms with Crippen LogP contribution in [0.3, 0.4) is 0 Å². The normalized spacial score (nSPS) is 13.1. The van der Waals surface area contributed by atoms with Gasteiger partial charge in [0.25, 0.3) is 17.5 Å². The van der Waals surface area contributed by atoms with Crippen LogP contribution in [-0.4, -0.2) is 35.8 Å². The van der Waals surface area contributed by atoms with Crippen LogP contribution in [0.15, 0.2) is 58.0 Å². The minimum absolute atomic E-state index is 0.00220. The molecule has 0 radical (unpaired) electrons. The number of carbonyl (C=O) groups excluding carboxylic acids is 2. The Kier molecular flexibility index (Phi) is 7.00. The first-order valence-electron chi connectivity index (χ1n) is 11.1. The van der Waals surface area contributed by atoms with Gasteiger partial charge in [-0.25, -0.2) is 5.43 Å². The Hall–Kier alpha value is -4.67. The number of benzene rings is 2. The van der Waals surface area contributed by atoms with Crippen molar-refractivity contribution in [2.75, 3.05) is 6.79 Å². The molecule has 2 heterocycles. The second kappa shape index (κ2) is 10.3. The zero-order valence-corrected chi connectivity index (χ0v) is 19.8. The van der Waals surface area contributed by atoms with E-state index in [1.54, 1.807) is 57.2 Å². The summed E-state index contributed by atoms with van der Waals surface area (Å²) in [5.74, 6) is 0.773. The lowest BCUT2D eigenvalue weighted by molar-refractivity contribution is -0.384. The Labute approximate surface area is 206 Å². The van der Waals surface area contributed by atoms with Crippen LogP contribution in [0.1, 0.15) is 35.5 Å². The Morgan fingerprint density at radius 3 is 2.58 bits per heavy atom. The average molecular weight is 492 g/mol. The molecule has 0 aliphatic carbocycles. The molecule has 0 spiro atoms. The van der Waals surface area contributed by atoms with Gasteiger partial charge in [-0.2, -0.15) is 5.10 Å². The predicted molar refractivity (Wildman–Crippen MR) is 130 cm³/mol. The van der Waals surface area contributed by atoms with Gasteiger partial charge in [-0.15, -0.1) is 0 Å². The largest absolute Gasteiger partial charge is 0.455 e. The van der Waals surface area contributed by atoms with Crippen molar-refractivity contribution in [3.05, 3.63) is 75.5 Å². The number of hydrogen-bond donors (Lipinski definition) is 2. The van der Waals surface area contributed by atoms with Gasteiger partial charge in [0.05, 0.1) is 11.1 Å². The van der Waals surface area contributed by atoms with Gasteiger partial charge in [-0.05, 0) is 54.8 Å². The fraction of sp³-hybridized carbons (Fsp3) is 0.240. The number of hydrazone groups is 1. The van der Waals surface area contributed by atoms with Crippen LogP contribution in [0.25, 0.3) is 11.3 Å². The molecule has 2 amide bonds. The zero-order valence-electron chi connectivity index (χ0n) is 19.8. The number of amides is 2. The molecule has 2 aromatic carbocycles.